The number of aryl methyl sites for hydroxylation is 2. The van der Waals surface area contributed by atoms with Gasteiger partial charge in [-0.3, -0.25) is 4.68 Å². The molecule has 1 saturated heterocycles. The van der Waals surface area contributed by atoms with E-state index in [0.29, 0.717) is 6.04 Å². The molecule has 1 aliphatic heterocycles. The van der Waals surface area contributed by atoms with Crippen LogP contribution >= 0.6 is 11.6 Å². The van der Waals surface area contributed by atoms with Crippen LogP contribution in [0, 0.1) is 6.92 Å². The number of nitrogens with zero attached hydrogens (tertiary/aromatic N) is 2. The van der Waals surface area contributed by atoms with Crippen LogP contribution in [0.3, 0.4) is 0 Å². The number of rotatable bonds is 3. The fourth-order valence-electron chi connectivity index (χ4n) is 1.47. The molecule has 4 nitrogen and oxygen atoms in total. The molecule has 0 unspecified atom stereocenters. The highest BCUT2D eigenvalue weighted by molar-refractivity contribution is 6.30. The first-order chi connectivity index (χ1) is 6.68. The van der Waals surface area contributed by atoms with Crippen molar-refractivity contribution >= 4 is 11.6 Å². The summed E-state index contributed by atoms with van der Waals surface area (Å²) in [7, 11) is 1.85. The highest BCUT2D eigenvalue weighted by atomic mass is 35.5. The van der Waals surface area contributed by atoms with Gasteiger partial charge in [-0.25, -0.2) is 0 Å². The van der Waals surface area contributed by atoms with E-state index in [4.69, 9.17) is 16.3 Å². The first-order valence-electron chi connectivity index (χ1n) is 4.67. The summed E-state index contributed by atoms with van der Waals surface area (Å²) in [5.74, 6) is 0. The third-order valence-corrected chi connectivity index (χ3v) is 2.95. The predicted octanol–water partition coefficient (Wildman–Crippen LogP) is 0.870. The second-order valence-electron chi connectivity index (χ2n) is 3.59. The van der Waals surface area contributed by atoms with Gasteiger partial charge in [-0.1, -0.05) is 11.6 Å². The monoisotopic (exact) mass is 215 g/mol. The maximum absolute atomic E-state index is 6.09. The van der Waals surface area contributed by atoms with E-state index in [2.05, 4.69) is 10.4 Å². The first kappa shape index (κ1) is 9.96. The third-order valence-electron chi connectivity index (χ3n) is 2.48. The summed E-state index contributed by atoms with van der Waals surface area (Å²) < 4.78 is 6.77. The smallest absolute Gasteiger partial charge is 0.131 e. The summed E-state index contributed by atoms with van der Waals surface area (Å²) in [5, 5.41) is 8.33. The Morgan fingerprint density at radius 1 is 1.64 bits per heavy atom. The summed E-state index contributed by atoms with van der Waals surface area (Å²) in [5.41, 5.74) is 2.08. The second-order valence-corrected chi connectivity index (χ2v) is 3.95. The highest BCUT2D eigenvalue weighted by Crippen LogP contribution is 2.18. The van der Waals surface area contributed by atoms with Crippen LogP contribution in [0.5, 0.6) is 0 Å². The molecule has 1 aromatic heterocycles. The number of hydrogen-bond donors (Lipinski definition) is 1. The van der Waals surface area contributed by atoms with Crippen LogP contribution in [0.4, 0.5) is 0 Å². The topological polar surface area (TPSA) is 39.1 Å². The van der Waals surface area contributed by atoms with Crippen molar-refractivity contribution < 1.29 is 4.74 Å². The molecule has 2 rings (SSSR count). The minimum Gasteiger partial charge on any atom is -0.378 e. The largest absolute Gasteiger partial charge is 0.378 e. The minimum atomic E-state index is 0.477. The van der Waals surface area contributed by atoms with E-state index in [0.717, 1.165) is 36.2 Å². The molecule has 1 aliphatic rings. The van der Waals surface area contributed by atoms with Gasteiger partial charge in [0.25, 0.3) is 0 Å². The van der Waals surface area contributed by atoms with E-state index in [-0.39, 0.29) is 0 Å². The molecule has 0 amide bonds. The minimum absolute atomic E-state index is 0.477. The van der Waals surface area contributed by atoms with Crippen LogP contribution in [0.25, 0.3) is 0 Å². The number of halogens is 1. The molecule has 1 fully saturated rings. The fourth-order valence-corrected chi connectivity index (χ4v) is 1.72. The van der Waals surface area contributed by atoms with Crippen molar-refractivity contribution in [2.45, 2.75) is 19.5 Å². The number of ether oxygens (including phenoxy) is 1. The summed E-state index contributed by atoms with van der Waals surface area (Å²) in [6.07, 6.45) is 0. The summed E-state index contributed by atoms with van der Waals surface area (Å²) in [6.45, 7) is 4.35. The van der Waals surface area contributed by atoms with Gasteiger partial charge in [0, 0.05) is 19.2 Å². The van der Waals surface area contributed by atoms with Crippen LogP contribution in [0.15, 0.2) is 0 Å². The lowest BCUT2D eigenvalue weighted by atomic mass is 10.2. The van der Waals surface area contributed by atoms with Gasteiger partial charge in [0.05, 0.1) is 24.9 Å². The first-order valence-corrected chi connectivity index (χ1v) is 5.05. The van der Waals surface area contributed by atoms with Crippen LogP contribution in [0.2, 0.25) is 5.15 Å². The molecule has 5 heteroatoms. The van der Waals surface area contributed by atoms with Gasteiger partial charge in [0.15, 0.2) is 0 Å². The molecule has 14 heavy (non-hydrogen) atoms. The fraction of sp³-hybridized carbons (Fsp3) is 0.667. The van der Waals surface area contributed by atoms with Crippen LogP contribution in [0.1, 0.15) is 11.3 Å². The lowest BCUT2D eigenvalue weighted by Gasteiger charge is -2.26. The molecule has 2 heterocycles. The maximum atomic E-state index is 6.09. The summed E-state index contributed by atoms with van der Waals surface area (Å²) >= 11 is 6.09. The number of nitrogens with one attached hydrogen (secondary N) is 1. The van der Waals surface area contributed by atoms with Crippen molar-refractivity contribution in [3.63, 3.8) is 0 Å². The molecule has 0 radical (unpaired) electrons. The molecule has 78 valence electrons. The van der Waals surface area contributed by atoms with Gasteiger partial charge >= 0.3 is 0 Å². The summed E-state index contributed by atoms with van der Waals surface area (Å²) in [4.78, 5) is 0. The predicted molar refractivity (Wildman–Crippen MR) is 54.4 cm³/mol. The van der Waals surface area contributed by atoms with Crippen LogP contribution in [-0.4, -0.2) is 29.0 Å². The Kier molecular flexibility index (Phi) is 2.76. The zero-order chi connectivity index (χ0) is 10.1. The quantitative estimate of drug-likeness (QED) is 0.814. The zero-order valence-corrected chi connectivity index (χ0v) is 9.14. The Bertz CT molecular complexity index is 333. The van der Waals surface area contributed by atoms with Crippen molar-refractivity contribution in [1.82, 2.24) is 15.1 Å². The van der Waals surface area contributed by atoms with E-state index < -0.39 is 0 Å². The van der Waals surface area contributed by atoms with E-state index in [9.17, 15) is 0 Å². The van der Waals surface area contributed by atoms with E-state index >= 15 is 0 Å². The van der Waals surface area contributed by atoms with Gasteiger partial charge in [0.1, 0.15) is 5.15 Å². The second kappa shape index (κ2) is 3.88. The number of aromatic nitrogens is 2. The molecular weight excluding hydrogens is 202 g/mol. The van der Waals surface area contributed by atoms with E-state index in [1.807, 2.05) is 14.0 Å². The summed E-state index contributed by atoms with van der Waals surface area (Å²) in [6, 6.07) is 0.477. The maximum Gasteiger partial charge on any atom is 0.131 e. The van der Waals surface area contributed by atoms with Crippen molar-refractivity contribution in [2.24, 2.45) is 7.05 Å². The van der Waals surface area contributed by atoms with Gasteiger partial charge in [0.2, 0.25) is 0 Å². The number of hydrogen-bond acceptors (Lipinski definition) is 3. The molecule has 0 aromatic carbocycles. The molecule has 0 bridgehead atoms. The molecule has 0 atom stereocenters. The van der Waals surface area contributed by atoms with E-state index in [1.165, 1.54) is 0 Å². The lowest BCUT2D eigenvalue weighted by molar-refractivity contribution is -0.00580. The third kappa shape index (κ3) is 1.78. The Hall–Kier alpha value is -0.580. The molecule has 1 aromatic rings. The molecule has 0 saturated carbocycles. The Morgan fingerprint density at radius 2 is 2.36 bits per heavy atom. The Balaban J connectivity index is 2.00. The van der Waals surface area contributed by atoms with Crippen LogP contribution < -0.4 is 5.32 Å². The Morgan fingerprint density at radius 3 is 2.79 bits per heavy atom. The lowest BCUT2D eigenvalue weighted by Crippen LogP contribution is -2.45. The highest BCUT2D eigenvalue weighted by Gasteiger charge is 2.19. The van der Waals surface area contributed by atoms with Crippen molar-refractivity contribution in [1.29, 1.82) is 0 Å². The zero-order valence-electron chi connectivity index (χ0n) is 8.38. The molecular formula is C9H14ClN3O. The Labute approximate surface area is 88.2 Å². The molecule has 0 aliphatic carbocycles. The molecule has 0 spiro atoms. The average Bonchev–Trinajstić information content (AvgIpc) is 2.28. The normalized spacial score (nSPS) is 17.1. The standard InChI is InChI=1S/C9H14ClN3O/c1-6-8(9(10)13(2)12-6)3-11-7-4-14-5-7/h7,11H,3-5H2,1-2H3. The SMILES string of the molecule is Cc1nn(C)c(Cl)c1CNC1COC1. The van der Waals surface area contributed by atoms with Gasteiger partial charge in [-0.15, -0.1) is 0 Å². The molecule has 1 N–H and O–H groups in total. The van der Waals surface area contributed by atoms with E-state index in [1.54, 1.807) is 4.68 Å². The van der Waals surface area contributed by atoms with Crippen LogP contribution in [-0.2, 0) is 18.3 Å². The van der Waals surface area contributed by atoms with Gasteiger partial charge in [-0.2, -0.15) is 5.10 Å². The van der Waals surface area contributed by atoms with Gasteiger partial charge in [-0.05, 0) is 6.92 Å². The van der Waals surface area contributed by atoms with Gasteiger partial charge < -0.3 is 10.1 Å². The van der Waals surface area contributed by atoms with Crippen molar-refractivity contribution in [2.75, 3.05) is 13.2 Å². The van der Waals surface area contributed by atoms with Crippen molar-refractivity contribution in [3.05, 3.63) is 16.4 Å². The van der Waals surface area contributed by atoms with Crippen molar-refractivity contribution in [3.8, 4) is 0 Å². The average molecular weight is 216 g/mol.